The first-order valence-electron chi connectivity index (χ1n) is 8.21. The van der Waals surface area contributed by atoms with Gasteiger partial charge in [-0.3, -0.25) is 0 Å². The largest absolute Gasteiger partial charge is 0.334 e. The van der Waals surface area contributed by atoms with E-state index in [4.69, 9.17) is 16.1 Å². The molecule has 0 unspecified atom stereocenters. The zero-order valence-corrected chi connectivity index (χ0v) is 17.0. The number of nitrogens with zero attached hydrogens (tertiary/aromatic N) is 5. The first-order valence-corrected chi connectivity index (χ1v) is 10.8. The lowest BCUT2D eigenvalue weighted by Gasteiger charge is -2.16. The molecule has 4 rings (SSSR count). The van der Waals surface area contributed by atoms with Crippen molar-refractivity contribution in [3.63, 3.8) is 0 Å². The van der Waals surface area contributed by atoms with Crippen LogP contribution in [-0.4, -0.2) is 45.2 Å². The molecule has 2 aromatic carbocycles. The summed E-state index contributed by atoms with van der Waals surface area (Å²) in [6.07, 6.45) is 0.304. The van der Waals surface area contributed by atoms with Crippen molar-refractivity contribution in [2.45, 2.75) is 11.3 Å². The number of hydrogen-bond donors (Lipinski definition) is 0. The van der Waals surface area contributed by atoms with Gasteiger partial charge in [-0.25, -0.2) is 12.7 Å². The average Bonchev–Trinajstić information content (AvgIpc) is 3.35. The fraction of sp³-hybridized carbons (Fsp3) is 0.176. The summed E-state index contributed by atoms with van der Waals surface area (Å²) in [6.45, 7) is 0.190. The Morgan fingerprint density at radius 1 is 1.14 bits per heavy atom. The standard InChI is InChI=1S/C17H14ClN5O3S2/c1-23(28(24,25)14-4-2-3-13-16(14)22-27-21-13)10-9-15-19-17(26-20-15)11-5-7-12(18)8-6-11/h2-8H,9-10H2,1H3. The Labute approximate surface area is 170 Å². The number of sulfonamides is 1. The molecule has 2 aromatic heterocycles. The average molecular weight is 436 g/mol. The molecule has 28 heavy (non-hydrogen) atoms. The fourth-order valence-electron chi connectivity index (χ4n) is 2.60. The van der Waals surface area contributed by atoms with Crippen molar-refractivity contribution in [1.29, 1.82) is 0 Å². The third kappa shape index (κ3) is 3.63. The molecule has 144 valence electrons. The molecule has 0 fully saturated rings. The molecular formula is C17H14ClN5O3S2. The molecule has 0 radical (unpaired) electrons. The third-order valence-electron chi connectivity index (χ3n) is 4.15. The molecule has 0 bridgehead atoms. The van der Waals surface area contributed by atoms with E-state index in [0.29, 0.717) is 34.2 Å². The number of aromatic nitrogens is 4. The second kappa shape index (κ2) is 7.55. The summed E-state index contributed by atoms with van der Waals surface area (Å²) in [4.78, 5) is 4.45. The molecule has 0 aliphatic heterocycles. The van der Waals surface area contributed by atoms with Crippen LogP contribution in [0.15, 0.2) is 51.9 Å². The van der Waals surface area contributed by atoms with E-state index >= 15 is 0 Å². The van der Waals surface area contributed by atoms with Gasteiger partial charge in [-0.2, -0.15) is 13.7 Å². The van der Waals surface area contributed by atoms with Crippen LogP contribution in [0.5, 0.6) is 0 Å². The Kier molecular flexibility index (Phi) is 5.11. The predicted molar refractivity (Wildman–Crippen MR) is 106 cm³/mol. The SMILES string of the molecule is CN(CCc1noc(-c2ccc(Cl)cc2)n1)S(=O)(=O)c1cccc2nsnc12. The van der Waals surface area contributed by atoms with Crippen molar-refractivity contribution in [2.75, 3.05) is 13.6 Å². The number of likely N-dealkylation sites (N-methyl/N-ethyl adjacent to an activating group) is 1. The lowest BCUT2D eigenvalue weighted by atomic mass is 10.2. The van der Waals surface area contributed by atoms with E-state index in [1.807, 2.05) is 0 Å². The normalized spacial score (nSPS) is 12.1. The highest BCUT2D eigenvalue weighted by Crippen LogP contribution is 2.24. The van der Waals surface area contributed by atoms with Gasteiger partial charge >= 0.3 is 0 Å². The quantitative estimate of drug-likeness (QED) is 0.458. The highest BCUT2D eigenvalue weighted by Gasteiger charge is 2.25. The van der Waals surface area contributed by atoms with Gasteiger partial charge in [-0.1, -0.05) is 22.8 Å². The summed E-state index contributed by atoms with van der Waals surface area (Å²) in [5, 5.41) is 4.53. The summed E-state index contributed by atoms with van der Waals surface area (Å²) in [7, 11) is -2.21. The van der Waals surface area contributed by atoms with Crippen LogP contribution in [0.25, 0.3) is 22.5 Å². The Bertz CT molecular complexity index is 1220. The van der Waals surface area contributed by atoms with Gasteiger partial charge in [-0.15, -0.1) is 0 Å². The smallest absolute Gasteiger partial charge is 0.257 e. The molecule has 0 amide bonds. The Morgan fingerprint density at radius 3 is 2.71 bits per heavy atom. The van der Waals surface area contributed by atoms with E-state index in [-0.39, 0.29) is 11.4 Å². The number of benzene rings is 2. The maximum Gasteiger partial charge on any atom is 0.257 e. The van der Waals surface area contributed by atoms with Crippen LogP contribution in [0.2, 0.25) is 5.02 Å². The van der Waals surface area contributed by atoms with Crippen molar-refractivity contribution in [2.24, 2.45) is 0 Å². The molecule has 0 saturated carbocycles. The lowest BCUT2D eigenvalue weighted by molar-refractivity contribution is 0.415. The topological polar surface area (TPSA) is 102 Å². The summed E-state index contributed by atoms with van der Waals surface area (Å²) >= 11 is 6.86. The minimum absolute atomic E-state index is 0.135. The molecule has 0 aliphatic carbocycles. The van der Waals surface area contributed by atoms with Crippen LogP contribution >= 0.6 is 23.3 Å². The Balaban J connectivity index is 1.49. The van der Waals surface area contributed by atoms with Crippen LogP contribution < -0.4 is 0 Å². The van der Waals surface area contributed by atoms with Gasteiger partial charge in [0, 0.05) is 30.6 Å². The highest BCUT2D eigenvalue weighted by atomic mass is 35.5. The van der Waals surface area contributed by atoms with Gasteiger partial charge in [0.2, 0.25) is 10.0 Å². The molecule has 0 aliphatic rings. The zero-order valence-electron chi connectivity index (χ0n) is 14.6. The van der Waals surface area contributed by atoms with Crippen LogP contribution in [0.1, 0.15) is 5.82 Å². The van der Waals surface area contributed by atoms with Gasteiger partial charge in [0.25, 0.3) is 5.89 Å². The highest BCUT2D eigenvalue weighted by molar-refractivity contribution is 7.89. The molecule has 8 nitrogen and oxygen atoms in total. The van der Waals surface area contributed by atoms with Crippen molar-refractivity contribution in [3.05, 3.63) is 53.3 Å². The van der Waals surface area contributed by atoms with Crippen molar-refractivity contribution in [1.82, 2.24) is 23.2 Å². The monoisotopic (exact) mass is 435 g/mol. The van der Waals surface area contributed by atoms with E-state index in [0.717, 1.165) is 17.3 Å². The van der Waals surface area contributed by atoms with Gasteiger partial charge in [0.05, 0.1) is 11.7 Å². The molecule has 4 aromatic rings. The van der Waals surface area contributed by atoms with Crippen molar-refractivity contribution >= 4 is 44.4 Å². The maximum absolute atomic E-state index is 12.9. The molecule has 2 heterocycles. The van der Waals surface area contributed by atoms with Crippen LogP contribution in [0.3, 0.4) is 0 Å². The Morgan fingerprint density at radius 2 is 1.93 bits per heavy atom. The van der Waals surface area contributed by atoms with Gasteiger partial charge in [0.1, 0.15) is 15.9 Å². The summed E-state index contributed by atoms with van der Waals surface area (Å²) < 4.78 is 40.5. The van der Waals surface area contributed by atoms with E-state index in [1.54, 1.807) is 36.4 Å². The van der Waals surface area contributed by atoms with Gasteiger partial charge in [0.15, 0.2) is 5.82 Å². The second-order valence-corrected chi connectivity index (χ2v) is 8.97. The van der Waals surface area contributed by atoms with E-state index in [2.05, 4.69) is 18.9 Å². The molecule has 0 spiro atoms. The Hall–Kier alpha value is -2.40. The van der Waals surface area contributed by atoms with Gasteiger partial charge in [-0.05, 0) is 36.4 Å². The first-order chi connectivity index (χ1) is 13.4. The van der Waals surface area contributed by atoms with E-state index in [1.165, 1.54) is 17.4 Å². The number of hydrogen-bond acceptors (Lipinski definition) is 8. The number of halogens is 1. The summed E-state index contributed by atoms with van der Waals surface area (Å²) in [5.74, 6) is 0.774. The molecule has 0 atom stereocenters. The lowest BCUT2D eigenvalue weighted by Crippen LogP contribution is -2.29. The summed E-state index contributed by atoms with van der Waals surface area (Å²) in [5.41, 5.74) is 1.68. The number of rotatable bonds is 6. The van der Waals surface area contributed by atoms with Crippen molar-refractivity contribution in [3.8, 4) is 11.5 Å². The van der Waals surface area contributed by atoms with Gasteiger partial charge < -0.3 is 4.52 Å². The van der Waals surface area contributed by atoms with E-state index in [9.17, 15) is 8.42 Å². The molecule has 11 heteroatoms. The number of fused-ring (bicyclic) bond motifs is 1. The van der Waals surface area contributed by atoms with Crippen molar-refractivity contribution < 1.29 is 12.9 Å². The molecular weight excluding hydrogens is 422 g/mol. The van der Waals surface area contributed by atoms with Crippen LogP contribution in [-0.2, 0) is 16.4 Å². The van der Waals surface area contributed by atoms with Crippen LogP contribution in [0, 0.1) is 0 Å². The van der Waals surface area contributed by atoms with E-state index < -0.39 is 10.0 Å². The predicted octanol–water partition coefficient (Wildman–Crippen LogP) is 3.26. The maximum atomic E-state index is 12.9. The second-order valence-electron chi connectivity index (χ2n) is 5.99. The first kappa shape index (κ1) is 18.9. The van der Waals surface area contributed by atoms with Crippen LogP contribution in [0.4, 0.5) is 0 Å². The minimum Gasteiger partial charge on any atom is -0.334 e. The fourth-order valence-corrected chi connectivity index (χ4v) is 4.65. The zero-order chi connectivity index (χ0) is 19.7. The minimum atomic E-state index is -3.72. The molecule has 0 saturated heterocycles. The summed E-state index contributed by atoms with van der Waals surface area (Å²) in [6, 6.07) is 11.9. The molecule has 0 N–H and O–H groups in total. The third-order valence-corrected chi connectivity index (χ3v) is 6.83.